The number of hydrogen-bond donors (Lipinski definition) is 3. The highest BCUT2D eigenvalue weighted by Gasteiger charge is 2.10. The number of nitrogens with zero attached hydrogens (tertiary/aromatic N) is 1. The summed E-state index contributed by atoms with van der Waals surface area (Å²) in [6, 6.07) is 15.8. The molecule has 0 saturated heterocycles. The van der Waals surface area contributed by atoms with Gasteiger partial charge in [-0.15, -0.1) is 11.3 Å². The fourth-order valence-electron chi connectivity index (χ4n) is 2.71. The molecule has 7 heteroatoms. The number of amides is 1. The van der Waals surface area contributed by atoms with Crippen molar-refractivity contribution in [3.8, 4) is 16.5 Å². The average Bonchev–Trinajstić information content (AvgIpc) is 3.04. The Kier molecular flexibility index (Phi) is 4.21. The molecule has 0 aliphatic heterocycles. The van der Waals surface area contributed by atoms with Crippen LogP contribution in [-0.2, 0) is 0 Å². The first-order chi connectivity index (χ1) is 13.0. The number of pyridine rings is 1. The smallest absolute Gasteiger partial charge is 0.256 e. The van der Waals surface area contributed by atoms with Crippen molar-refractivity contribution in [1.29, 1.82) is 0 Å². The molecule has 4 aromatic rings. The lowest BCUT2D eigenvalue weighted by Crippen LogP contribution is -2.15. The van der Waals surface area contributed by atoms with Gasteiger partial charge >= 0.3 is 0 Å². The number of carbonyl (C=O) groups excluding carboxylic acids is 1. The second-order valence-corrected chi connectivity index (χ2v) is 7.17. The van der Waals surface area contributed by atoms with Crippen molar-refractivity contribution >= 4 is 33.1 Å². The molecule has 1 amide bonds. The molecular formula is C20H15N3O3S. The number of rotatable bonds is 3. The Hall–Kier alpha value is -3.45. The van der Waals surface area contributed by atoms with Gasteiger partial charge in [0.2, 0.25) is 0 Å². The highest BCUT2D eigenvalue weighted by Crippen LogP contribution is 2.31. The summed E-state index contributed by atoms with van der Waals surface area (Å²) < 4.78 is 1.14. The third kappa shape index (κ3) is 3.58. The van der Waals surface area contributed by atoms with E-state index in [1.54, 1.807) is 23.5 Å². The van der Waals surface area contributed by atoms with Gasteiger partial charge in [0.15, 0.2) is 5.88 Å². The van der Waals surface area contributed by atoms with Crippen LogP contribution in [0.2, 0.25) is 0 Å². The number of aromatic hydroxyl groups is 1. The number of H-pyrrole nitrogens is 1. The first-order valence-electron chi connectivity index (χ1n) is 8.20. The van der Waals surface area contributed by atoms with Crippen molar-refractivity contribution < 1.29 is 9.90 Å². The van der Waals surface area contributed by atoms with Gasteiger partial charge in [0.05, 0.1) is 15.8 Å². The summed E-state index contributed by atoms with van der Waals surface area (Å²) in [5.41, 5.74) is 3.25. The van der Waals surface area contributed by atoms with Crippen molar-refractivity contribution in [3.05, 3.63) is 76.1 Å². The first-order valence-corrected chi connectivity index (χ1v) is 9.02. The number of thiazole rings is 1. The molecule has 6 nitrogen and oxygen atoms in total. The highest BCUT2D eigenvalue weighted by atomic mass is 32.1. The number of aromatic amines is 1. The number of nitrogens with one attached hydrogen (secondary N) is 2. The van der Waals surface area contributed by atoms with Crippen LogP contribution in [0.1, 0.15) is 15.9 Å². The van der Waals surface area contributed by atoms with Crippen molar-refractivity contribution in [3.63, 3.8) is 0 Å². The minimum absolute atomic E-state index is 0.0851. The summed E-state index contributed by atoms with van der Waals surface area (Å²) in [5, 5.41) is 13.0. The predicted molar refractivity (Wildman–Crippen MR) is 106 cm³/mol. The second-order valence-electron chi connectivity index (χ2n) is 6.14. The van der Waals surface area contributed by atoms with Gasteiger partial charge in [-0.05, 0) is 48.9 Å². The van der Waals surface area contributed by atoms with E-state index in [0.29, 0.717) is 5.69 Å². The maximum atomic E-state index is 12.2. The largest absolute Gasteiger partial charge is 0.494 e. The van der Waals surface area contributed by atoms with Crippen molar-refractivity contribution in [2.24, 2.45) is 0 Å². The van der Waals surface area contributed by atoms with E-state index in [-0.39, 0.29) is 11.4 Å². The first kappa shape index (κ1) is 17.0. The molecular weight excluding hydrogens is 362 g/mol. The summed E-state index contributed by atoms with van der Waals surface area (Å²) in [6.07, 6.45) is 0. The minimum atomic E-state index is -0.540. The quantitative estimate of drug-likeness (QED) is 0.504. The zero-order valence-electron chi connectivity index (χ0n) is 14.3. The average molecular weight is 377 g/mol. The van der Waals surface area contributed by atoms with E-state index in [9.17, 15) is 14.7 Å². The van der Waals surface area contributed by atoms with Crippen LogP contribution < -0.4 is 10.9 Å². The Morgan fingerprint density at radius 1 is 1.11 bits per heavy atom. The third-order valence-corrected chi connectivity index (χ3v) is 5.09. The Bertz CT molecular complexity index is 1210. The Morgan fingerprint density at radius 3 is 2.63 bits per heavy atom. The molecule has 0 unspecified atom stereocenters. The molecule has 0 spiro atoms. The van der Waals surface area contributed by atoms with E-state index in [1.165, 1.54) is 11.6 Å². The van der Waals surface area contributed by atoms with Gasteiger partial charge in [-0.25, -0.2) is 4.98 Å². The number of hydrogen-bond acceptors (Lipinski definition) is 5. The SMILES string of the molecule is Cc1ccc2nc(-c3ccc(NC(=O)c4cc(O)[nH]c(=O)c4)cc3)sc2c1. The number of carbonyl (C=O) groups is 1. The van der Waals surface area contributed by atoms with Crippen LogP contribution in [0.4, 0.5) is 5.69 Å². The van der Waals surface area contributed by atoms with Crippen LogP contribution in [0.25, 0.3) is 20.8 Å². The van der Waals surface area contributed by atoms with Crippen molar-refractivity contribution in [1.82, 2.24) is 9.97 Å². The minimum Gasteiger partial charge on any atom is -0.494 e. The number of fused-ring (bicyclic) bond motifs is 1. The summed E-state index contributed by atoms with van der Waals surface area (Å²) in [4.78, 5) is 30.4. The van der Waals surface area contributed by atoms with E-state index in [2.05, 4.69) is 28.3 Å². The Labute approximate surface area is 158 Å². The molecule has 27 heavy (non-hydrogen) atoms. The highest BCUT2D eigenvalue weighted by molar-refractivity contribution is 7.21. The van der Waals surface area contributed by atoms with E-state index < -0.39 is 11.5 Å². The topological polar surface area (TPSA) is 95.1 Å². The normalized spacial score (nSPS) is 10.9. The van der Waals surface area contributed by atoms with E-state index in [0.717, 1.165) is 26.9 Å². The monoisotopic (exact) mass is 377 g/mol. The van der Waals surface area contributed by atoms with Gasteiger partial charge in [-0.2, -0.15) is 0 Å². The third-order valence-electron chi connectivity index (χ3n) is 4.03. The zero-order valence-corrected chi connectivity index (χ0v) is 15.1. The lowest BCUT2D eigenvalue weighted by atomic mass is 10.2. The molecule has 2 aromatic heterocycles. The van der Waals surface area contributed by atoms with E-state index in [4.69, 9.17) is 0 Å². The lowest BCUT2D eigenvalue weighted by molar-refractivity contribution is 0.102. The lowest BCUT2D eigenvalue weighted by Gasteiger charge is -2.06. The van der Waals surface area contributed by atoms with Gasteiger partial charge in [0.25, 0.3) is 11.5 Å². The number of anilines is 1. The second kappa shape index (κ2) is 6.69. The molecule has 4 rings (SSSR count). The van der Waals surface area contributed by atoms with Crippen molar-refractivity contribution in [2.75, 3.05) is 5.32 Å². The van der Waals surface area contributed by atoms with Crippen LogP contribution >= 0.6 is 11.3 Å². The molecule has 0 aliphatic rings. The maximum absolute atomic E-state index is 12.2. The molecule has 0 aliphatic carbocycles. The molecule has 0 bridgehead atoms. The molecule has 0 atom stereocenters. The molecule has 0 radical (unpaired) electrons. The Morgan fingerprint density at radius 2 is 1.89 bits per heavy atom. The zero-order chi connectivity index (χ0) is 19.0. The maximum Gasteiger partial charge on any atom is 0.256 e. The summed E-state index contributed by atoms with van der Waals surface area (Å²) >= 11 is 1.62. The fourth-order valence-corrected chi connectivity index (χ4v) is 3.78. The number of aromatic nitrogens is 2. The molecule has 2 aromatic carbocycles. The van der Waals surface area contributed by atoms with Gasteiger partial charge in [-0.1, -0.05) is 6.07 Å². The van der Waals surface area contributed by atoms with Gasteiger partial charge < -0.3 is 10.4 Å². The molecule has 134 valence electrons. The summed E-state index contributed by atoms with van der Waals surface area (Å²) in [7, 11) is 0. The predicted octanol–water partition coefficient (Wildman–Crippen LogP) is 3.92. The van der Waals surface area contributed by atoms with Crippen LogP contribution in [0.3, 0.4) is 0 Å². The molecule has 3 N–H and O–H groups in total. The summed E-state index contributed by atoms with van der Waals surface area (Å²) in [6.45, 7) is 2.05. The summed E-state index contributed by atoms with van der Waals surface area (Å²) in [5.74, 6) is -0.825. The van der Waals surface area contributed by atoms with Crippen LogP contribution in [0, 0.1) is 6.92 Å². The van der Waals surface area contributed by atoms with Crippen LogP contribution in [0.15, 0.2) is 59.4 Å². The Balaban J connectivity index is 1.56. The van der Waals surface area contributed by atoms with Crippen LogP contribution in [0.5, 0.6) is 5.88 Å². The molecule has 0 fully saturated rings. The van der Waals surface area contributed by atoms with E-state index >= 15 is 0 Å². The standard InChI is InChI=1S/C20H15N3O3S/c1-11-2-7-15-16(8-11)27-20(22-15)12-3-5-14(6-4-12)21-19(26)13-9-17(24)23-18(25)10-13/h2-10H,1H3,(H,21,26)(H2,23,24,25). The van der Waals surface area contributed by atoms with Gasteiger partial charge in [0, 0.05) is 23.4 Å². The van der Waals surface area contributed by atoms with Crippen molar-refractivity contribution in [2.45, 2.75) is 6.92 Å². The number of benzene rings is 2. The fraction of sp³-hybridized carbons (Fsp3) is 0.0500. The molecule has 2 heterocycles. The number of aryl methyl sites for hydroxylation is 1. The van der Waals surface area contributed by atoms with Gasteiger partial charge in [0.1, 0.15) is 5.01 Å². The van der Waals surface area contributed by atoms with Crippen LogP contribution in [-0.4, -0.2) is 21.0 Å². The van der Waals surface area contributed by atoms with E-state index in [1.807, 2.05) is 24.3 Å². The molecule has 0 saturated carbocycles. The van der Waals surface area contributed by atoms with Gasteiger partial charge in [-0.3, -0.25) is 14.6 Å².